The standard InChI is InChI=1S/C18H18FN3O2S/c1-25-15-8-4-13(5-9-15)20-18(24)21-16-10-11-22(17(16)23)14-6-2-12(19)3-7-14/h2-9,16H,10-11H2,1H3,(H2,20,21,24)/t16-/m1/s1. The second-order valence-electron chi connectivity index (χ2n) is 5.63. The topological polar surface area (TPSA) is 61.4 Å². The Balaban J connectivity index is 1.58. The summed E-state index contributed by atoms with van der Waals surface area (Å²) in [6, 6.07) is 12.2. The van der Waals surface area contributed by atoms with E-state index in [9.17, 15) is 14.0 Å². The summed E-state index contributed by atoms with van der Waals surface area (Å²) >= 11 is 1.62. The van der Waals surface area contributed by atoms with Crippen LogP contribution in [0.1, 0.15) is 6.42 Å². The first-order valence-electron chi connectivity index (χ1n) is 7.85. The lowest BCUT2D eigenvalue weighted by Gasteiger charge is -2.17. The molecular weight excluding hydrogens is 341 g/mol. The normalized spacial score (nSPS) is 16.8. The van der Waals surface area contributed by atoms with Crippen LogP contribution >= 0.6 is 11.8 Å². The molecule has 1 aliphatic rings. The van der Waals surface area contributed by atoms with Gasteiger partial charge in [-0.05, 0) is 61.2 Å². The van der Waals surface area contributed by atoms with Gasteiger partial charge >= 0.3 is 6.03 Å². The molecule has 0 bridgehead atoms. The second-order valence-corrected chi connectivity index (χ2v) is 6.51. The van der Waals surface area contributed by atoms with Gasteiger partial charge in [-0.3, -0.25) is 4.79 Å². The summed E-state index contributed by atoms with van der Waals surface area (Å²) in [6.07, 6.45) is 2.49. The molecule has 2 aromatic carbocycles. The average molecular weight is 359 g/mol. The molecule has 0 radical (unpaired) electrons. The largest absolute Gasteiger partial charge is 0.326 e. The molecule has 7 heteroatoms. The van der Waals surface area contributed by atoms with Crippen LogP contribution in [0.15, 0.2) is 53.4 Å². The summed E-state index contributed by atoms with van der Waals surface area (Å²) in [4.78, 5) is 27.2. The van der Waals surface area contributed by atoms with Gasteiger partial charge in [0.2, 0.25) is 5.91 Å². The fourth-order valence-electron chi connectivity index (χ4n) is 2.69. The Morgan fingerprint density at radius 1 is 1.16 bits per heavy atom. The number of thioether (sulfide) groups is 1. The molecule has 25 heavy (non-hydrogen) atoms. The zero-order valence-corrected chi connectivity index (χ0v) is 14.5. The molecule has 2 aromatic rings. The summed E-state index contributed by atoms with van der Waals surface area (Å²) in [6.45, 7) is 0.484. The maximum absolute atomic E-state index is 13.0. The maximum Gasteiger partial charge on any atom is 0.319 e. The monoisotopic (exact) mass is 359 g/mol. The molecule has 2 N–H and O–H groups in total. The molecule has 1 heterocycles. The van der Waals surface area contributed by atoms with Gasteiger partial charge < -0.3 is 15.5 Å². The first-order chi connectivity index (χ1) is 12.1. The quantitative estimate of drug-likeness (QED) is 0.822. The molecule has 1 atom stereocenters. The fraction of sp³-hybridized carbons (Fsp3) is 0.222. The number of nitrogens with zero attached hydrogens (tertiary/aromatic N) is 1. The first kappa shape index (κ1) is 17.3. The van der Waals surface area contributed by atoms with Gasteiger partial charge in [0, 0.05) is 22.8 Å². The molecule has 130 valence electrons. The third kappa shape index (κ3) is 4.11. The van der Waals surface area contributed by atoms with Crippen molar-refractivity contribution >= 4 is 35.1 Å². The van der Waals surface area contributed by atoms with Crippen molar-refractivity contribution in [2.75, 3.05) is 23.0 Å². The summed E-state index contributed by atoms with van der Waals surface area (Å²) in [5.74, 6) is -0.545. The van der Waals surface area contributed by atoms with E-state index in [-0.39, 0.29) is 11.7 Å². The molecule has 3 amide bonds. The van der Waals surface area contributed by atoms with Gasteiger partial charge in [0.1, 0.15) is 11.9 Å². The maximum atomic E-state index is 13.0. The Labute approximate surface area is 149 Å². The number of halogens is 1. The molecule has 3 rings (SSSR count). The predicted octanol–water partition coefficient (Wildman–Crippen LogP) is 3.47. The number of urea groups is 1. The van der Waals surface area contributed by atoms with E-state index < -0.39 is 12.1 Å². The van der Waals surface area contributed by atoms with Crippen molar-refractivity contribution in [2.45, 2.75) is 17.4 Å². The highest BCUT2D eigenvalue weighted by atomic mass is 32.2. The van der Waals surface area contributed by atoms with E-state index in [2.05, 4.69) is 10.6 Å². The van der Waals surface area contributed by atoms with Crippen LogP contribution in [0.25, 0.3) is 0 Å². The molecule has 1 saturated heterocycles. The van der Waals surface area contributed by atoms with Gasteiger partial charge in [0.15, 0.2) is 0 Å². The third-order valence-electron chi connectivity index (χ3n) is 4.00. The zero-order chi connectivity index (χ0) is 17.8. The zero-order valence-electron chi connectivity index (χ0n) is 13.7. The van der Waals surface area contributed by atoms with Crippen molar-refractivity contribution in [3.05, 3.63) is 54.3 Å². The lowest BCUT2D eigenvalue weighted by atomic mass is 10.2. The third-order valence-corrected chi connectivity index (χ3v) is 4.74. The summed E-state index contributed by atoms with van der Waals surface area (Å²) < 4.78 is 13.0. The number of nitrogens with one attached hydrogen (secondary N) is 2. The van der Waals surface area contributed by atoms with Gasteiger partial charge in [0.05, 0.1) is 0 Å². The minimum atomic E-state index is -0.587. The molecule has 0 aliphatic carbocycles. The van der Waals surface area contributed by atoms with Crippen LogP contribution in [0, 0.1) is 5.82 Å². The van der Waals surface area contributed by atoms with Gasteiger partial charge in [0.25, 0.3) is 0 Å². The van der Waals surface area contributed by atoms with Gasteiger partial charge in [-0.15, -0.1) is 11.8 Å². The van der Waals surface area contributed by atoms with Gasteiger partial charge in [-0.1, -0.05) is 0 Å². The van der Waals surface area contributed by atoms with Crippen LogP contribution < -0.4 is 15.5 Å². The Morgan fingerprint density at radius 2 is 1.84 bits per heavy atom. The van der Waals surface area contributed by atoms with Crippen LogP contribution in [0.5, 0.6) is 0 Å². The Bertz CT molecular complexity index is 765. The SMILES string of the molecule is CSc1ccc(NC(=O)N[C@@H]2CCN(c3ccc(F)cc3)C2=O)cc1. The Kier molecular flexibility index (Phi) is 5.23. The van der Waals surface area contributed by atoms with Crippen molar-refractivity contribution in [1.82, 2.24) is 5.32 Å². The smallest absolute Gasteiger partial charge is 0.319 e. The number of anilines is 2. The molecule has 0 spiro atoms. The number of carbonyl (C=O) groups is 2. The van der Waals surface area contributed by atoms with Crippen LogP contribution in [-0.2, 0) is 4.79 Å². The van der Waals surface area contributed by atoms with Crippen molar-refractivity contribution in [1.29, 1.82) is 0 Å². The highest BCUT2D eigenvalue weighted by molar-refractivity contribution is 7.98. The van der Waals surface area contributed by atoms with Crippen molar-refractivity contribution in [3.8, 4) is 0 Å². The minimum absolute atomic E-state index is 0.195. The van der Waals surface area contributed by atoms with Crippen LogP contribution in [0.3, 0.4) is 0 Å². The summed E-state index contributed by atoms with van der Waals surface area (Å²) in [5, 5.41) is 5.42. The highest BCUT2D eigenvalue weighted by Gasteiger charge is 2.33. The van der Waals surface area contributed by atoms with Crippen molar-refractivity contribution < 1.29 is 14.0 Å². The van der Waals surface area contributed by atoms with E-state index in [1.165, 1.54) is 12.1 Å². The number of hydrogen-bond acceptors (Lipinski definition) is 3. The lowest BCUT2D eigenvalue weighted by Crippen LogP contribution is -2.43. The van der Waals surface area contributed by atoms with Gasteiger partial charge in [-0.2, -0.15) is 0 Å². The number of rotatable bonds is 4. The van der Waals surface area contributed by atoms with Crippen molar-refractivity contribution in [3.63, 3.8) is 0 Å². The molecule has 5 nitrogen and oxygen atoms in total. The molecule has 0 unspecified atom stereocenters. The van der Waals surface area contributed by atoms with E-state index in [0.717, 1.165) is 4.90 Å². The lowest BCUT2D eigenvalue weighted by molar-refractivity contribution is -0.118. The Morgan fingerprint density at radius 3 is 2.48 bits per heavy atom. The van der Waals surface area contributed by atoms with Crippen LogP contribution in [0.2, 0.25) is 0 Å². The van der Waals surface area contributed by atoms with E-state index in [4.69, 9.17) is 0 Å². The molecule has 1 fully saturated rings. The Hall–Kier alpha value is -2.54. The van der Waals surface area contributed by atoms with Crippen LogP contribution in [0.4, 0.5) is 20.6 Å². The van der Waals surface area contributed by atoms with E-state index >= 15 is 0 Å². The number of carbonyl (C=O) groups excluding carboxylic acids is 2. The predicted molar refractivity (Wildman–Crippen MR) is 97.5 cm³/mol. The molecule has 0 aromatic heterocycles. The van der Waals surface area contributed by atoms with E-state index in [1.54, 1.807) is 28.8 Å². The minimum Gasteiger partial charge on any atom is -0.326 e. The second kappa shape index (κ2) is 7.57. The van der Waals surface area contributed by atoms with E-state index in [0.29, 0.717) is 24.3 Å². The van der Waals surface area contributed by atoms with Crippen molar-refractivity contribution in [2.24, 2.45) is 0 Å². The summed E-state index contributed by atoms with van der Waals surface area (Å²) in [7, 11) is 0. The van der Waals surface area contributed by atoms with E-state index in [1.807, 2.05) is 30.5 Å². The highest BCUT2D eigenvalue weighted by Crippen LogP contribution is 2.22. The van der Waals surface area contributed by atoms with Gasteiger partial charge in [-0.25, -0.2) is 9.18 Å². The number of amides is 3. The molecule has 0 saturated carbocycles. The fourth-order valence-corrected chi connectivity index (χ4v) is 3.10. The molecule has 1 aliphatic heterocycles. The first-order valence-corrected chi connectivity index (χ1v) is 9.08. The van der Waals surface area contributed by atoms with Crippen LogP contribution in [-0.4, -0.2) is 30.8 Å². The number of hydrogen-bond donors (Lipinski definition) is 2. The molecular formula is C18H18FN3O2S. The average Bonchev–Trinajstić information content (AvgIpc) is 2.97. The number of benzene rings is 2. The summed E-state index contributed by atoms with van der Waals surface area (Å²) in [5.41, 5.74) is 1.29.